The monoisotopic (exact) mass is 438 g/mol. The maximum atomic E-state index is 13.2. The van der Waals surface area contributed by atoms with Crippen LogP contribution in [0.2, 0.25) is 0 Å². The van der Waals surface area contributed by atoms with Crippen molar-refractivity contribution in [3.63, 3.8) is 0 Å². The Morgan fingerprint density at radius 3 is 2.39 bits per heavy atom. The van der Waals surface area contributed by atoms with Crippen molar-refractivity contribution in [3.8, 4) is 5.69 Å². The standard InChI is InChI=1S/C23H26N4O3S/c1-18-9-10-21(19(2)17-18)31(29,30)26-14-6-13-25(15-16-26)22-11-12-23(28)27(24-22)20-7-4-3-5-8-20/h3-5,7-12,17H,6,13-16H2,1-2H3. The minimum atomic E-state index is -3.57. The van der Waals surface area contributed by atoms with Crippen molar-refractivity contribution >= 4 is 15.8 Å². The van der Waals surface area contributed by atoms with Crippen molar-refractivity contribution in [2.45, 2.75) is 25.2 Å². The number of benzene rings is 2. The Morgan fingerprint density at radius 2 is 1.65 bits per heavy atom. The molecule has 1 aliphatic heterocycles. The molecular formula is C23H26N4O3S. The molecular weight excluding hydrogens is 412 g/mol. The molecule has 7 nitrogen and oxygen atoms in total. The van der Waals surface area contributed by atoms with E-state index in [1.807, 2.05) is 61.2 Å². The van der Waals surface area contributed by atoms with Gasteiger partial charge in [0.05, 0.1) is 10.6 Å². The van der Waals surface area contributed by atoms with Crippen molar-refractivity contribution in [2.24, 2.45) is 0 Å². The molecule has 3 aromatic rings. The van der Waals surface area contributed by atoms with Crippen LogP contribution < -0.4 is 10.5 Å². The van der Waals surface area contributed by atoms with E-state index in [0.717, 1.165) is 11.1 Å². The molecule has 0 N–H and O–H groups in total. The van der Waals surface area contributed by atoms with E-state index >= 15 is 0 Å². The highest BCUT2D eigenvalue weighted by atomic mass is 32.2. The summed E-state index contributed by atoms with van der Waals surface area (Å²) in [6.07, 6.45) is 0.677. The fraction of sp³-hybridized carbons (Fsp3) is 0.304. The molecule has 4 rings (SSSR count). The second-order valence-corrected chi connectivity index (χ2v) is 9.70. The van der Waals surface area contributed by atoms with E-state index < -0.39 is 10.0 Å². The van der Waals surface area contributed by atoms with Gasteiger partial charge in [0.1, 0.15) is 5.82 Å². The van der Waals surface area contributed by atoms with Gasteiger partial charge >= 0.3 is 0 Å². The first-order valence-electron chi connectivity index (χ1n) is 10.3. The van der Waals surface area contributed by atoms with Crippen LogP contribution in [0.15, 0.2) is 70.4 Å². The lowest BCUT2D eigenvalue weighted by Gasteiger charge is -2.23. The normalized spacial score (nSPS) is 15.6. The van der Waals surface area contributed by atoms with Crippen LogP contribution in [0.1, 0.15) is 17.5 Å². The van der Waals surface area contributed by atoms with Crippen LogP contribution in [-0.2, 0) is 10.0 Å². The molecule has 162 valence electrons. The number of aromatic nitrogens is 2. The highest BCUT2D eigenvalue weighted by Gasteiger charge is 2.28. The number of para-hydroxylation sites is 1. The summed E-state index contributed by atoms with van der Waals surface area (Å²) in [5, 5.41) is 4.54. The molecule has 2 heterocycles. The largest absolute Gasteiger partial charge is 0.354 e. The van der Waals surface area contributed by atoms with E-state index in [1.165, 1.54) is 10.7 Å². The minimum Gasteiger partial charge on any atom is -0.354 e. The molecule has 31 heavy (non-hydrogen) atoms. The number of nitrogens with zero attached hydrogens (tertiary/aromatic N) is 4. The summed E-state index contributed by atoms with van der Waals surface area (Å²) in [4.78, 5) is 14.7. The van der Waals surface area contributed by atoms with Crippen molar-refractivity contribution in [3.05, 3.63) is 82.1 Å². The highest BCUT2D eigenvalue weighted by Crippen LogP contribution is 2.23. The van der Waals surface area contributed by atoms with Crippen molar-refractivity contribution in [1.29, 1.82) is 0 Å². The molecule has 8 heteroatoms. The SMILES string of the molecule is Cc1ccc(S(=O)(=O)N2CCCN(c3ccc(=O)n(-c4ccccc4)n3)CC2)c(C)c1. The van der Waals surface area contributed by atoms with Gasteiger partial charge in [0.15, 0.2) is 0 Å². The summed E-state index contributed by atoms with van der Waals surface area (Å²) in [7, 11) is -3.57. The number of aryl methyl sites for hydroxylation is 2. The van der Waals surface area contributed by atoms with Gasteiger partial charge < -0.3 is 4.90 Å². The third-order valence-electron chi connectivity index (χ3n) is 5.51. The lowest BCUT2D eigenvalue weighted by atomic mass is 10.2. The molecule has 1 aliphatic rings. The smallest absolute Gasteiger partial charge is 0.271 e. The molecule has 0 spiro atoms. The molecule has 0 unspecified atom stereocenters. The lowest BCUT2D eigenvalue weighted by Crippen LogP contribution is -2.36. The first-order valence-corrected chi connectivity index (χ1v) is 11.8. The van der Waals surface area contributed by atoms with E-state index in [2.05, 4.69) is 5.10 Å². The summed E-state index contributed by atoms with van der Waals surface area (Å²) in [5.74, 6) is 0.661. The average Bonchev–Trinajstić information content (AvgIpc) is 3.01. The van der Waals surface area contributed by atoms with E-state index in [-0.39, 0.29) is 5.56 Å². The zero-order valence-corrected chi connectivity index (χ0v) is 18.5. The molecule has 0 saturated carbocycles. The Hall–Kier alpha value is -2.97. The van der Waals surface area contributed by atoms with E-state index in [4.69, 9.17) is 0 Å². The van der Waals surface area contributed by atoms with Gasteiger partial charge in [-0.2, -0.15) is 8.99 Å². The van der Waals surface area contributed by atoms with E-state index in [1.54, 1.807) is 16.4 Å². The third kappa shape index (κ3) is 4.40. The van der Waals surface area contributed by atoms with Crippen LogP contribution in [0, 0.1) is 13.8 Å². The summed E-state index contributed by atoms with van der Waals surface area (Å²) >= 11 is 0. The van der Waals surface area contributed by atoms with Gasteiger partial charge in [-0.3, -0.25) is 4.79 Å². The molecule has 1 saturated heterocycles. The molecule has 0 amide bonds. The average molecular weight is 439 g/mol. The topological polar surface area (TPSA) is 75.5 Å². The fourth-order valence-corrected chi connectivity index (χ4v) is 5.59. The van der Waals surface area contributed by atoms with Crippen molar-refractivity contribution in [2.75, 3.05) is 31.1 Å². The zero-order chi connectivity index (χ0) is 22.0. The Balaban J connectivity index is 1.57. The first kappa shape index (κ1) is 21.3. The Labute approximate surface area is 182 Å². The highest BCUT2D eigenvalue weighted by molar-refractivity contribution is 7.89. The summed E-state index contributed by atoms with van der Waals surface area (Å²) < 4.78 is 29.4. The molecule has 0 atom stereocenters. The third-order valence-corrected chi connectivity index (χ3v) is 7.57. The molecule has 1 aromatic heterocycles. The van der Waals surface area contributed by atoms with Gasteiger partial charge in [0, 0.05) is 32.2 Å². The minimum absolute atomic E-state index is 0.205. The van der Waals surface area contributed by atoms with Crippen LogP contribution in [0.25, 0.3) is 5.69 Å². The predicted octanol–water partition coefficient (Wildman–Crippen LogP) is 2.75. The summed E-state index contributed by atoms with van der Waals surface area (Å²) in [6.45, 7) is 5.77. The van der Waals surface area contributed by atoms with E-state index in [9.17, 15) is 13.2 Å². The van der Waals surface area contributed by atoms with Crippen LogP contribution in [-0.4, -0.2) is 48.7 Å². The van der Waals surface area contributed by atoms with Crippen molar-refractivity contribution < 1.29 is 8.42 Å². The molecule has 0 aliphatic carbocycles. The van der Waals surface area contributed by atoms with Crippen molar-refractivity contribution in [1.82, 2.24) is 14.1 Å². The molecule has 1 fully saturated rings. The zero-order valence-electron chi connectivity index (χ0n) is 17.7. The maximum absolute atomic E-state index is 13.2. The molecule has 0 bridgehead atoms. The Morgan fingerprint density at radius 1 is 0.871 bits per heavy atom. The number of anilines is 1. The number of rotatable bonds is 4. The molecule has 0 radical (unpaired) electrons. The van der Waals surface area contributed by atoms with Crippen LogP contribution in [0.5, 0.6) is 0 Å². The van der Waals surface area contributed by atoms with Gasteiger partial charge in [-0.25, -0.2) is 8.42 Å². The lowest BCUT2D eigenvalue weighted by molar-refractivity contribution is 0.432. The van der Waals surface area contributed by atoms with Crippen LogP contribution in [0.3, 0.4) is 0 Å². The van der Waals surface area contributed by atoms with Crippen LogP contribution >= 0.6 is 0 Å². The Kier molecular flexibility index (Phi) is 5.93. The van der Waals surface area contributed by atoms with Gasteiger partial charge in [-0.1, -0.05) is 35.9 Å². The van der Waals surface area contributed by atoms with Crippen LogP contribution in [0.4, 0.5) is 5.82 Å². The van der Waals surface area contributed by atoms with Gasteiger partial charge in [-0.05, 0) is 50.1 Å². The number of hydrogen-bond donors (Lipinski definition) is 0. The quantitative estimate of drug-likeness (QED) is 0.626. The van der Waals surface area contributed by atoms with Gasteiger partial charge in [-0.15, -0.1) is 5.10 Å². The second-order valence-electron chi connectivity index (χ2n) is 7.79. The summed E-state index contributed by atoms with van der Waals surface area (Å²) in [6, 6.07) is 17.9. The number of sulfonamides is 1. The fourth-order valence-electron chi connectivity index (χ4n) is 3.92. The maximum Gasteiger partial charge on any atom is 0.271 e. The summed E-state index contributed by atoms with van der Waals surface area (Å²) in [5.41, 5.74) is 2.29. The van der Waals surface area contributed by atoms with Gasteiger partial charge in [0.25, 0.3) is 5.56 Å². The van der Waals surface area contributed by atoms with E-state index in [0.29, 0.717) is 49.0 Å². The van der Waals surface area contributed by atoms with Gasteiger partial charge in [0.2, 0.25) is 10.0 Å². The molecule has 2 aromatic carbocycles. The second kappa shape index (κ2) is 8.64. The predicted molar refractivity (Wildman–Crippen MR) is 121 cm³/mol. The number of hydrogen-bond acceptors (Lipinski definition) is 5. The first-order chi connectivity index (χ1) is 14.9. The Bertz CT molecular complexity index is 1240.